The summed E-state index contributed by atoms with van der Waals surface area (Å²) in [5, 5.41) is 6.79. The Balaban J connectivity index is 1.40. The van der Waals surface area contributed by atoms with E-state index in [0.717, 1.165) is 38.5 Å². The van der Waals surface area contributed by atoms with Crippen LogP contribution in [0.4, 0.5) is 0 Å². The molecule has 1 aliphatic heterocycles. The normalized spacial score (nSPS) is 24.5. The third-order valence-electron chi connectivity index (χ3n) is 5.67. The van der Waals surface area contributed by atoms with Crippen LogP contribution in [0.2, 0.25) is 0 Å². The van der Waals surface area contributed by atoms with E-state index in [1.807, 2.05) is 0 Å². The van der Waals surface area contributed by atoms with Gasteiger partial charge in [-0.15, -0.1) is 0 Å². The van der Waals surface area contributed by atoms with Gasteiger partial charge < -0.3 is 15.5 Å². The van der Waals surface area contributed by atoms with Gasteiger partial charge in [0.1, 0.15) is 0 Å². The summed E-state index contributed by atoms with van der Waals surface area (Å²) in [6.45, 7) is 7.86. The fourth-order valence-corrected chi connectivity index (χ4v) is 4.04. The number of amides is 1. The Kier molecular flexibility index (Phi) is 6.86. The van der Waals surface area contributed by atoms with Crippen molar-refractivity contribution in [1.29, 1.82) is 0 Å². The fraction of sp³-hybridized carbons (Fsp3) is 0.591. The number of carbonyl (C=O) groups is 1. The molecule has 4 heteroatoms. The summed E-state index contributed by atoms with van der Waals surface area (Å²) in [4.78, 5) is 13.4. The predicted molar refractivity (Wildman–Crippen MR) is 108 cm³/mol. The smallest absolute Gasteiger partial charge is 0.216 e. The standard InChI is InChI=1S/C22H33N3O/c1-3-19(15-18-7-5-4-6-8-18)21-16-22(21)24-20-9-12-25(13-10-20)14-11-23-17(2)26/h4-8,15,20-22,24H,3,9-14,16H2,1-2H3,(H,23,26)/b19-15+/t21-,22+/m1/s1. The van der Waals surface area contributed by atoms with Crippen molar-refractivity contribution in [2.75, 3.05) is 26.2 Å². The summed E-state index contributed by atoms with van der Waals surface area (Å²) in [7, 11) is 0. The third kappa shape index (κ3) is 5.68. The highest BCUT2D eigenvalue weighted by atomic mass is 16.1. The molecule has 3 rings (SSSR count). The summed E-state index contributed by atoms with van der Waals surface area (Å²) in [5.41, 5.74) is 2.91. The molecule has 1 aromatic rings. The molecular formula is C22H33N3O. The number of nitrogens with zero attached hydrogens (tertiary/aromatic N) is 1. The lowest BCUT2D eigenvalue weighted by molar-refractivity contribution is -0.119. The highest BCUT2D eigenvalue weighted by Gasteiger charge is 2.40. The highest BCUT2D eigenvalue weighted by molar-refractivity contribution is 5.72. The van der Waals surface area contributed by atoms with Crippen LogP contribution in [-0.2, 0) is 4.79 Å². The van der Waals surface area contributed by atoms with Crippen LogP contribution in [0.25, 0.3) is 6.08 Å². The number of hydrogen-bond acceptors (Lipinski definition) is 3. The maximum atomic E-state index is 10.9. The number of piperidine rings is 1. The van der Waals surface area contributed by atoms with E-state index in [9.17, 15) is 4.79 Å². The van der Waals surface area contributed by atoms with Crippen LogP contribution in [-0.4, -0.2) is 49.1 Å². The van der Waals surface area contributed by atoms with Crippen LogP contribution in [0.3, 0.4) is 0 Å². The Bertz CT molecular complexity index is 605. The zero-order chi connectivity index (χ0) is 18.4. The zero-order valence-electron chi connectivity index (χ0n) is 16.2. The van der Waals surface area contributed by atoms with Crippen molar-refractivity contribution in [3.8, 4) is 0 Å². The van der Waals surface area contributed by atoms with E-state index in [2.05, 4.69) is 58.9 Å². The van der Waals surface area contributed by atoms with Crippen LogP contribution >= 0.6 is 0 Å². The largest absolute Gasteiger partial charge is 0.355 e. The van der Waals surface area contributed by atoms with E-state index < -0.39 is 0 Å². The molecule has 4 nitrogen and oxygen atoms in total. The highest BCUT2D eigenvalue weighted by Crippen LogP contribution is 2.40. The number of nitrogens with one attached hydrogen (secondary N) is 2. The van der Waals surface area contributed by atoms with Crippen LogP contribution in [0, 0.1) is 5.92 Å². The lowest BCUT2D eigenvalue weighted by atomic mass is 10.0. The average molecular weight is 356 g/mol. The first kappa shape index (κ1) is 19.1. The monoisotopic (exact) mass is 355 g/mol. The summed E-state index contributed by atoms with van der Waals surface area (Å²) >= 11 is 0. The SMILES string of the molecule is CC/C(=C\c1ccccc1)[C@H]1C[C@@H]1NC1CCN(CCNC(C)=O)CC1. The van der Waals surface area contributed by atoms with Gasteiger partial charge in [-0.1, -0.05) is 48.9 Å². The van der Waals surface area contributed by atoms with Gasteiger partial charge in [-0.2, -0.15) is 0 Å². The second-order valence-corrected chi connectivity index (χ2v) is 7.70. The summed E-state index contributed by atoms with van der Waals surface area (Å²) in [6.07, 6.45) is 7.24. The molecule has 1 saturated heterocycles. The lowest BCUT2D eigenvalue weighted by Crippen LogP contribution is -2.45. The first-order valence-electron chi connectivity index (χ1n) is 10.1. The van der Waals surface area contributed by atoms with Crippen molar-refractivity contribution >= 4 is 12.0 Å². The van der Waals surface area contributed by atoms with Crippen molar-refractivity contribution in [3.63, 3.8) is 0 Å². The zero-order valence-corrected chi connectivity index (χ0v) is 16.2. The Hall–Kier alpha value is -1.65. The Morgan fingerprint density at radius 2 is 1.96 bits per heavy atom. The van der Waals surface area contributed by atoms with Gasteiger partial charge in [0, 0.05) is 32.1 Å². The molecular weight excluding hydrogens is 322 g/mol. The second kappa shape index (κ2) is 9.33. The van der Waals surface area contributed by atoms with E-state index in [0.29, 0.717) is 12.1 Å². The molecule has 2 aliphatic rings. The van der Waals surface area contributed by atoms with Crippen molar-refractivity contribution in [1.82, 2.24) is 15.5 Å². The second-order valence-electron chi connectivity index (χ2n) is 7.70. The molecule has 0 aromatic heterocycles. The Labute approximate surface area is 158 Å². The van der Waals surface area contributed by atoms with Gasteiger partial charge in [0.25, 0.3) is 0 Å². The van der Waals surface area contributed by atoms with E-state index in [1.54, 1.807) is 12.5 Å². The van der Waals surface area contributed by atoms with Crippen LogP contribution in [0.15, 0.2) is 35.9 Å². The van der Waals surface area contributed by atoms with Gasteiger partial charge in [-0.3, -0.25) is 4.79 Å². The van der Waals surface area contributed by atoms with Gasteiger partial charge in [0.2, 0.25) is 5.91 Å². The maximum absolute atomic E-state index is 10.9. The van der Waals surface area contributed by atoms with Crippen molar-refractivity contribution in [2.45, 2.75) is 51.6 Å². The van der Waals surface area contributed by atoms with Gasteiger partial charge in [-0.05, 0) is 50.3 Å². The lowest BCUT2D eigenvalue weighted by Gasteiger charge is -2.32. The van der Waals surface area contributed by atoms with Gasteiger partial charge in [-0.25, -0.2) is 0 Å². The molecule has 1 aromatic carbocycles. The third-order valence-corrected chi connectivity index (χ3v) is 5.67. The topological polar surface area (TPSA) is 44.4 Å². The van der Waals surface area contributed by atoms with Gasteiger partial charge in [0.05, 0.1) is 0 Å². The Morgan fingerprint density at radius 1 is 1.23 bits per heavy atom. The molecule has 2 atom stereocenters. The van der Waals surface area contributed by atoms with Gasteiger partial charge >= 0.3 is 0 Å². The number of hydrogen-bond donors (Lipinski definition) is 2. The minimum Gasteiger partial charge on any atom is -0.355 e. The molecule has 2 fully saturated rings. The summed E-state index contributed by atoms with van der Waals surface area (Å²) in [6, 6.07) is 12.0. The molecule has 0 spiro atoms. The molecule has 26 heavy (non-hydrogen) atoms. The number of likely N-dealkylation sites (tertiary alicyclic amines) is 1. The van der Waals surface area contributed by atoms with Crippen LogP contribution in [0.1, 0.15) is 45.1 Å². The Morgan fingerprint density at radius 3 is 2.62 bits per heavy atom. The van der Waals surface area contributed by atoms with Crippen LogP contribution < -0.4 is 10.6 Å². The predicted octanol–water partition coefficient (Wildman–Crippen LogP) is 3.06. The van der Waals surface area contributed by atoms with Crippen molar-refractivity contribution in [2.24, 2.45) is 5.92 Å². The number of rotatable bonds is 8. The molecule has 0 bridgehead atoms. The first-order chi connectivity index (χ1) is 12.7. The molecule has 1 amide bonds. The molecule has 1 aliphatic carbocycles. The fourth-order valence-electron chi connectivity index (χ4n) is 4.04. The van der Waals surface area contributed by atoms with E-state index in [1.165, 1.54) is 24.8 Å². The number of benzene rings is 1. The van der Waals surface area contributed by atoms with E-state index >= 15 is 0 Å². The number of carbonyl (C=O) groups excluding carboxylic acids is 1. The molecule has 0 unspecified atom stereocenters. The minimum atomic E-state index is 0.0663. The van der Waals surface area contributed by atoms with Crippen molar-refractivity contribution < 1.29 is 4.79 Å². The maximum Gasteiger partial charge on any atom is 0.216 e. The van der Waals surface area contributed by atoms with E-state index in [4.69, 9.17) is 0 Å². The van der Waals surface area contributed by atoms with E-state index in [-0.39, 0.29) is 5.91 Å². The molecule has 1 heterocycles. The molecule has 2 N–H and O–H groups in total. The van der Waals surface area contributed by atoms with Crippen molar-refractivity contribution in [3.05, 3.63) is 41.5 Å². The average Bonchev–Trinajstić information content (AvgIpc) is 3.40. The molecule has 142 valence electrons. The summed E-state index contributed by atoms with van der Waals surface area (Å²) in [5.74, 6) is 0.787. The van der Waals surface area contributed by atoms with Gasteiger partial charge in [0.15, 0.2) is 0 Å². The molecule has 1 saturated carbocycles. The van der Waals surface area contributed by atoms with Crippen LogP contribution in [0.5, 0.6) is 0 Å². The molecule has 0 radical (unpaired) electrons. The summed E-state index contributed by atoms with van der Waals surface area (Å²) < 4.78 is 0. The minimum absolute atomic E-state index is 0.0663. The first-order valence-corrected chi connectivity index (χ1v) is 10.1. The quantitative estimate of drug-likeness (QED) is 0.753.